The summed E-state index contributed by atoms with van der Waals surface area (Å²) in [5.74, 6) is 0.410. The summed E-state index contributed by atoms with van der Waals surface area (Å²) in [5.41, 5.74) is 1.47. The Bertz CT molecular complexity index is 861. The molecular weight excluding hydrogens is 349 g/mol. The van der Waals surface area contributed by atoms with Gasteiger partial charge in [0.05, 0.1) is 5.02 Å². The smallest absolute Gasteiger partial charge is 0.131 e. The monoisotopic (exact) mass is 371 g/mol. The maximum Gasteiger partial charge on any atom is 0.131 e. The minimum atomic E-state index is -0.346. The molecule has 3 rings (SSSR count). The van der Waals surface area contributed by atoms with Gasteiger partial charge in [-0.1, -0.05) is 61.3 Å². The van der Waals surface area contributed by atoms with Crippen molar-refractivity contribution in [3.05, 3.63) is 76.6 Å². The van der Waals surface area contributed by atoms with Crippen LogP contribution in [0.15, 0.2) is 54.6 Å². The highest BCUT2D eigenvalue weighted by Crippen LogP contribution is 2.30. The fourth-order valence-electron chi connectivity index (χ4n) is 2.97. The van der Waals surface area contributed by atoms with Crippen LogP contribution in [-0.4, -0.2) is 6.54 Å². The minimum absolute atomic E-state index is 0.103. The molecule has 26 heavy (non-hydrogen) atoms. The van der Waals surface area contributed by atoms with Gasteiger partial charge in [0.2, 0.25) is 0 Å². The van der Waals surface area contributed by atoms with Crippen LogP contribution in [0, 0.1) is 5.82 Å². The quantitative estimate of drug-likeness (QED) is 0.483. The van der Waals surface area contributed by atoms with Crippen molar-refractivity contribution in [1.29, 1.82) is 0 Å². The highest BCUT2D eigenvalue weighted by molar-refractivity contribution is 6.31. The molecule has 0 unspecified atom stereocenters. The van der Waals surface area contributed by atoms with Crippen LogP contribution in [-0.2, 0) is 13.2 Å². The van der Waals surface area contributed by atoms with Crippen LogP contribution in [0.2, 0.25) is 5.02 Å². The van der Waals surface area contributed by atoms with Crippen molar-refractivity contribution in [2.24, 2.45) is 0 Å². The molecule has 0 aliphatic heterocycles. The zero-order valence-corrected chi connectivity index (χ0v) is 15.7. The van der Waals surface area contributed by atoms with Crippen molar-refractivity contribution >= 4 is 22.4 Å². The second kappa shape index (κ2) is 9.02. The van der Waals surface area contributed by atoms with E-state index in [4.69, 9.17) is 16.3 Å². The van der Waals surface area contributed by atoms with Crippen molar-refractivity contribution in [2.45, 2.75) is 32.9 Å². The van der Waals surface area contributed by atoms with Gasteiger partial charge in [-0.3, -0.25) is 0 Å². The molecule has 3 aromatic carbocycles. The van der Waals surface area contributed by atoms with Gasteiger partial charge < -0.3 is 10.1 Å². The van der Waals surface area contributed by atoms with Crippen LogP contribution >= 0.6 is 11.6 Å². The van der Waals surface area contributed by atoms with Crippen LogP contribution < -0.4 is 10.1 Å². The van der Waals surface area contributed by atoms with E-state index < -0.39 is 0 Å². The molecule has 0 aliphatic rings. The van der Waals surface area contributed by atoms with Gasteiger partial charge in [-0.25, -0.2) is 4.39 Å². The summed E-state index contributed by atoms with van der Waals surface area (Å²) in [4.78, 5) is 0. The number of nitrogens with one attached hydrogen (secondary N) is 1. The Balaban J connectivity index is 1.86. The van der Waals surface area contributed by atoms with Gasteiger partial charge in [0.15, 0.2) is 0 Å². The molecule has 0 saturated carbocycles. The first-order valence-electron chi connectivity index (χ1n) is 8.97. The van der Waals surface area contributed by atoms with E-state index in [2.05, 4.69) is 24.4 Å². The van der Waals surface area contributed by atoms with Gasteiger partial charge in [-0.2, -0.15) is 0 Å². The van der Waals surface area contributed by atoms with Gasteiger partial charge in [0.1, 0.15) is 18.2 Å². The fourth-order valence-corrected chi connectivity index (χ4v) is 3.19. The fraction of sp³-hybridized carbons (Fsp3) is 0.273. The highest BCUT2D eigenvalue weighted by Gasteiger charge is 2.12. The number of unbranched alkanes of at least 4 members (excludes halogenated alkanes) is 1. The van der Waals surface area contributed by atoms with Crippen LogP contribution in [0.25, 0.3) is 10.8 Å². The standard InChI is InChI=1S/C22H23ClFNO/c1-2-3-13-25-14-18-17-8-5-4-7-16(17)11-12-22(18)26-15-19-20(23)9-6-10-21(19)24/h4-12,25H,2-3,13-15H2,1H3. The number of rotatable bonds is 8. The lowest BCUT2D eigenvalue weighted by atomic mass is 10.0. The molecule has 1 N–H and O–H groups in total. The van der Waals surface area contributed by atoms with E-state index in [1.165, 1.54) is 6.07 Å². The molecule has 136 valence electrons. The van der Waals surface area contributed by atoms with Crippen molar-refractivity contribution in [2.75, 3.05) is 6.54 Å². The zero-order valence-electron chi connectivity index (χ0n) is 14.9. The summed E-state index contributed by atoms with van der Waals surface area (Å²) in [7, 11) is 0. The van der Waals surface area contributed by atoms with Crippen molar-refractivity contribution in [3.63, 3.8) is 0 Å². The molecule has 0 fully saturated rings. The van der Waals surface area contributed by atoms with Crippen LogP contribution in [0.4, 0.5) is 4.39 Å². The van der Waals surface area contributed by atoms with E-state index in [0.717, 1.165) is 41.5 Å². The molecule has 3 aromatic rings. The SMILES string of the molecule is CCCCNCc1c(OCc2c(F)cccc2Cl)ccc2ccccc12. The lowest BCUT2D eigenvalue weighted by Gasteiger charge is -2.16. The number of ether oxygens (including phenoxy) is 1. The number of halogens is 2. The van der Waals surface area contributed by atoms with Crippen molar-refractivity contribution < 1.29 is 9.13 Å². The Morgan fingerprint density at radius 1 is 1.00 bits per heavy atom. The first-order chi connectivity index (χ1) is 12.7. The molecule has 0 aromatic heterocycles. The van der Waals surface area contributed by atoms with E-state index in [1.807, 2.05) is 24.3 Å². The molecule has 0 saturated heterocycles. The Hall–Kier alpha value is -2.10. The predicted octanol–water partition coefficient (Wildman–Crippen LogP) is 6.10. The third kappa shape index (κ3) is 4.35. The summed E-state index contributed by atoms with van der Waals surface area (Å²) < 4.78 is 20.0. The first-order valence-corrected chi connectivity index (χ1v) is 9.35. The van der Waals surface area contributed by atoms with E-state index in [-0.39, 0.29) is 12.4 Å². The first kappa shape index (κ1) is 18.7. The molecule has 4 heteroatoms. The number of hydrogen-bond donors (Lipinski definition) is 1. The van der Waals surface area contributed by atoms with E-state index >= 15 is 0 Å². The second-order valence-corrected chi connectivity index (χ2v) is 6.69. The largest absolute Gasteiger partial charge is 0.488 e. The Morgan fingerprint density at radius 2 is 1.85 bits per heavy atom. The summed E-state index contributed by atoms with van der Waals surface area (Å²) >= 11 is 6.12. The maximum absolute atomic E-state index is 14.0. The Kier molecular flexibility index (Phi) is 6.48. The predicted molar refractivity (Wildman–Crippen MR) is 106 cm³/mol. The number of hydrogen-bond acceptors (Lipinski definition) is 2. The highest BCUT2D eigenvalue weighted by atomic mass is 35.5. The Labute approximate surface area is 158 Å². The molecule has 0 atom stereocenters. The third-order valence-electron chi connectivity index (χ3n) is 4.44. The van der Waals surface area contributed by atoms with Crippen LogP contribution in [0.1, 0.15) is 30.9 Å². The molecule has 0 amide bonds. The normalized spacial score (nSPS) is 11.0. The minimum Gasteiger partial charge on any atom is -0.488 e. The van der Waals surface area contributed by atoms with Crippen LogP contribution in [0.5, 0.6) is 5.75 Å². The Morgan fingerprint density at radius 3 is 2.65 bits per heavy atom. The van der Waals surface area contributed by atoms with Gasteiger partial charge in [0, 0.05) is 17.7 Å². The molecule has 0 heterocycles. The lowest BCUT2D eigenvalue weighted by Crippen LogP contribution is -2.15. The van der Waals surface area contributed by atoms with E-state index in [0.29, 0.717) is 17.1 Å². The zero-order chi connectivity index (χ0) is 18.4. The van der Waals surface area contributed by atoms with Gasteiger partial charge in [-0.15, -0.1) is 0 Å². The van der Waals surface area contributed by atoms with Crippen LogP contribution in [0.3, 0.4) is 0 Å². The van der Waals surface area contributed by atoms with Crippen molar-refractivity contribution in [3.8, 4) is 5.75 Å². The molecule has 0 spiro atoms. The summed E-state index contributed by atoms with van der Waals surface area (Å²) in [6, 6.07) is 16.9. The summed E-state index contributed by atoms with van der Waals surface area (Å²) in [6.07, 6.45) is 2.28. The maximum atomic E-state index is 14.0. The average molecular weight is 372 g/mol. The average Bonchev–Trinajstić information content (AvgIpc) is 2.65. The van der Waals surface area contributed by atoms with Gasteiger partial charge in [0.25, 0.3) is 0 Å². The van der Waals surface area contributed by atoms with E-state index in [9.17, 15) is 4.39 Å². The lowest BCUT2D eigenvalue weighted by molar-refractivity contribution is 0.296. The number of fused-ring (bicyclic) bond motifs is 1. The molecule has 0 bridgehead atoms. The van der Waals surface area contributed by atoms with Crippen molar-refractivity contribution in [1.82, 2.24) is 5.32 Å². The topological polar surface area (TPSA) is 21.3 Å². The summed E-state index contributed by atoms with van der Waals surface area (Å²) in [6.45, 7) is 3.94. The van der Waals surface area contributed by atoms with E-state index in [1.54, 1.807) is 12.1 Å². The van der Waals surface area contributed by atoms with Gasteiger partial charge >= 0.3 is 0 Å². The molecular formula is C22H23ClFNO. The van der Waals surface area contributed by atoms with Gasteiger partial charge in [-0.05, 0) is 41.9 Å². The summed E-state index contributed by atoms with van der Waals surface area (Å²) in [5, 5.41) is 6.17. The molecule has 0 aliphatic carbocycles. The number of benzene rings is 3. The third-order valence-corrected chi connectivity index (χ3v) is 4.79. The molecule has 2 nitrogen and oxygen atoms in total. The molecule has 0 radical (unpaired) electrons. The second-order valence-electron chi connectivity index (χ2n) is 6.28.